The molecule has 3 N–H and O–H groups in total. The zero-order valence-corrected chi connectivity index (χ0v) is 12.2. The van der Waals surface area contributed by atoms with Gasteiger partial charge in [0.25, 0.3) is 0 Å². The van der Waals surface area contributed by atoms with Gasteiger partial charge in [0.2, 0.25) is 0 Å². The van der Waals surface area contributed by atoms with E-state index >= 15 is 0 Å². The third kappa shape index (κ3) is 4.23. The maximum atomic E-state index is 11.8. The van der Waals surface area contributed by atoms with Crippen LogP contribution >= 0.6 is 0 Å². The van der Waals surface area contributed by atoms with Gasteiger partial charge in [-0.3, -0.25) is 4.68 Å². The van der Waals surface area contributed by atoms with E-state index in [1.165, 1.54) is 0 Å². The Morgan fingerprint density at radius 3 is 3.00 bits per heavy atom. The number of carbonyl (C=O) groups excluding carboxylic acids is 1. The second kappa shape index (κ2) is 6.74. The molecule has 1 aromatic rings. The first kappa shape index (κ1) is 14.8. The molecule has 6 nitrogen and oxygen atoms in total. The highest BCUT2D eigenvalue weighted by Gasteiger charge is 2.20. The lowest BCUT2D eigenvalue weighted by Crippen LogP contribution is -2.35. The molecule has 1 saturated carbocycles. The van der Waals surface area contributed by atoms with Gasteiger partial charge in [-0.15, -0.1) is 0 Å². The number of rotatable bonds is 4. The van der Waals surface area contributed by atoms with Crippen molar-refractivity contribution in [2.75, 3.05) is 11.9 Å². The van der Waals surface area contributed by atoms with E-state index in [0.29, 0.717) is 18.2 Å². The van der Waals surface area contributed by atoms with Gasteiger partial charge in [-0.25, -0.2) is 4.79 Å². The zero-order valence-electron chi connectivity index (χ0n) is 12.2. The second-order valence-electron chi connectivity index (χ2n) is 5.82. The van der Waals surface area contributed by atoms with Crippen LogP contribution < -0.4 is 10.6 Å². The molecule has 0 aromatic carbocycles. The molecule has 0 aliphatic heterocycles. The van der Waals surface area contributed by atoms with E-state index in [9.17, 15) is 9.90 Å². The number of carbonyl (C=O) groups is 1. The summed E-state index contributed by atoms with van der Waals surface area (Å²) in [6, 6.07) is 0.0608. The van der Waals surface area contributed by atoms with Crippen LogP contribution in [0.3, 0.4) is 0 Å². The number of amides is 2. The number of nitrogens with zero attached hydrogens (tertiary/aromatic N) is 2. The number of hydrogen-bond acceptors (Lipinski definition) is 3. The highest BCUT2D eigenvalue weighted by molar-refractivity contribution is 5.88. The molecular formula is C14H24N4O2. The van der Waals surface area contributed by atoms with Gasteiger partial charge in [-0.1, -0.05) is 6.42 Å². The summed E-state index contributed by atoms with van der Waals surface area (Å²) in [4.78, 5) is 11.8. The van der Waals surface area contributed by atoms with Crippen LogP contribution in [-0.4, -0.2) is 33.6 Å². The van der Waals surface area contributed by atoms with E-state index in [-0.39, 0.29) is 18.2 Å². The van der Waals surface area contributed by atoms with E-state index in [0.717, 1.165) is 25.7 Å². The van der Waals surface area contributed by atoms with E-state index < -0.39 is 0 Å². The number of anilines is 1. The molecule has 112 valence electrons. The standard InChI is InChI=1S/C14H24N4O2/c1-10(2)18-9-12(8-16-18)17-14(20)15-7-11-4-3-5-13(19)6-11/h8-11,13,19H,3-7H2,1-2H3,(H2,15,17,20). The first-order valence-electron chi connectivity index (χ1n) is 7.31. The highest BCUT2D eigenvalue weighted by atomic mass is 16.3. The van der Waals surface area contributed by atoms with Gasteiger partial charge in [-0.2, -0.15) is 5.10 Å². The van der Waals surface area contributed by atoms with Crippen molar-refractivity contribution in [1.29, 1.82) is 0 Å². The maximum absolute atomic E-state index is 11.8. The monoisotopic (exact) mass is 280 g/mol. The Kier molecular flexibility index (Phi) is 5.00. The Hall–Kier alpha value is -1.56. The molecule has 1 aliphatic carbocycles. The molecule has 1 aliphatic rings. The lowest BCUT2D eigenvalue weighted by Gasteiger charge is -2.25. The molecule has 0 bridgehead atoms. The average molecular weight is 280 g/mol. The van der Waals surface area contributed by atoms with Gasteiger partial charge in [-0.05, 0) is 39.0 Å². The predicted molar refractivity (Wildman–Crippen MR) is 77.6 cm³/mol. The number of urea groups is 1. The molecule has 1 heterocycles. The van der Waals surface area contributed by atoms with Crippen molar-refractivity contribution in [2.45, 2.75) is 51.7 Å². The van der Waals surface area contributed by atoms with Crippen LogP contribution in [0.15, 0.2) is 12.4 Å². The van der Waals surface area contributed by atoms with Crippen molar-refractivity contribution in [2.24, 2.45) is 5.92 Å². The summed E-state index contributed by atoms with van der Waals surface area (Å²) >= 11 is 0. The third-order valence-corrected chi connectivity index (χ3v) is 3.69. The van der Waals surface area contributed by atoms with Crippen LogP contribution in [-0.2, 0) is 0 Å². The Labute approximate surface area is 119 Å². The number of aliphatic hydroxyl groups is 1. The van der Waals surface area contributed by atoms with Crippen LogP contribution in [0.5, 0.6) is 0 Å². The molecule has 2 amide bonds. The SMILES string of the molecule is CC(C)n1cc(NC(=O)NCC2CCCC(O)C2)cn1. The summed E-state index contributed by atoms with van der Waals surface area (Å²) in [6.07, 6.45) is 7.03. The van der Waals surface area contributed by atoms with Crippen molar-refractivity contribution in [3.63, 3.8) is 0 Å². The molecule has 0 spiro atoms. The number of aliphatic hydroxyl groups excluding tert-OH is 1. The van der Waals surface area contributed by atoms with Crippen molar-refractivity contribution in [3.8, 4) is 0 Å². The van der Waals surface area contributed by atoms with Crippen LogP contribution in [0.25, 0.3) is 0 Å². The summed E-state index contributed by atoms with van der Waals surface area (Å²) in [5.74, 6) is 0.378. The van der Waals surface area contributed by atoms with Gasteiger partial charge >= 0.3 is 6.03 Å². The molecule has 0 radical (unpaired) electrons. The van der Waals surface area contributed by atoms with E-state index in [1.807, 2.05) is 20.0 Å². The molecule has 1 fully saturated rings. The molecular weight excluding hydrogens is 256 g/mol. The van der Waals surface area contributed by atoms with Crippen molar-refractivity contribution >= 4 is 11.7 Å². The molecule has 2 unspecified atom stereocenters. The quantitative estimate of drug-likeness (QED) is 0.790. The maximum Gasteiger partial charge on any atom is 0.319 e. The zero-order chi connectivity index (χ0) is 14.5. The first-order chi connectivity index (χ1) is 9.54. The molecule has 20 heavy (non-hydrogen) atoms. The Balaban J connectivity index is 1.74. The van der Waals surface area contributed by atoms with E-state index in [1.54, 1.807) is 10.9 Å². The van der Waals surface area contributed by atoms with Gasteiger partial charge < -0.3 is 15.7 Å². The normalized spacial score (nSPS) is 22.8. The summed E-state index contributed by atoms with van der Waals surface area (Å²) in [5, 5.41) is 19.4. The second-order valence-corrected chi connectivity index (χ2v) is 5.82. The highest BCUT2D eigenvalue weighted by Crippen LogP contribution is 2.23. The van der Waals surface area contributed by atoms with E-state index in [2.05, 4.69) is 15.7 Å². The minimum Gasteiger partial charge on any atom is -0.393 e. The van der Waals surface area contributed by atoms with Crippen molar-refractivity contribution < 1.29 is 9.90 Å². The summed E-state index contributed by atoms with van der Waals surface area (Å²) < 4.78 is 1.80. The van der Waals surface area contributed by atoms with Crippen LogP contribution in [0.1, 0.15) is 45.6 Å². The van der Waals surface area contributed by atoms with Gasteiger partial charge in [0, 0.05) is 18.8 Å². The van der Waals surface area contributed by atoms with Crippen LogP contribution in [0.2, 0.25) is 0 Å². The van der Waals surface area contributed by atoms with Gasteiger partial charge in [0.05, 0.1) is 18.0 Å². The number of nitrogens with one attached hydrogen (secondary N) is 2. The largest absolute Gasteiger partial charge is 0.393 e. The first-order valence-corrected chi connectivity index (χ1v) is 7.31. The van der Waals surface area contributed by atoms with Crippen molar-refractivity contribution in [3.05, 3.63) is 12.4 Å². The van der Waals surface area contributed by atoms with Crippen LogP contribution in [0.4, 0.5) is 10.5 Å². The van der Waals surface area contributed by atoms with Gasteiger partial charge in [0.15, 0.2) is 0 Å². The third-order valence-electron chi connectivity index (χ3n) is 3.69. The van der Waals surface area contributed by atoms with Crippen molar-refractivity contribution in [1.82, 2.24) is 15.1 Å². The molecule has 6 heteroatoms. The molecule has 1 aromatic heterocycles. The number of hydrogen-bond donors (Lipinski definition) is 3. The Morgan fingerprint density at radius 2 is 2.35 bits per heavy atom. The molecule has 2 rings (SSSR count). The lowest BCUT2D eigenvalue weighted by atomic mass is 9.87. The van der Waals surface area contributed by atoms with E-state index in [4.69, 9.17) is 0 Å². The lowest BCUT2D eigenvalue weighted by molar-refractivity contribution is 0.101. The topological polar surface area (TPSA) is 79.2 Å². The number of aromatic nitrogens is 2. The Morgan fingerprint density at radius 1 is 1.55 bits per heavy atom. The fourth-order valence-corrected chi connectivity index (χ4v) is 2.55. The van der Waals surface area contributed by atoms with Crippen LogP contribution in [0, 0.1) is 5.92 Å². The smallest absolute Gasteiger partial charge is 0.319 e. The Bertz CT molecular complexity index is 444. The van der Waals surface area contributed by atoms with Gasteiger partial charge in [0.1, 0.15) is 0 Å². The predicted octanol–water partition coefficient (Wildman–Crippen LogP) is 2.14. The average Bonchev–Trinajstić information content (AvgIpc) is 2.85. The summed E-state index contributed by atoms with van der Waals surface area (Å²) in [6.45, 7) is 4.68. The minimum atomic E-state index is -0.214. The summed E-state index contributed by atoms with van der Waals surface area (Å²) in [7, 11) is 0. The fraction of sp³-hybridized carbons (Fsp3) is 0.714. The minimum absolute atomic E-state index is 0.206. The molecule has 2 atom stereocenters. The fourth-order valence-electron chi connectivity index (χ4n) is 2.55. The summed E-state index contributed by atoms with van der Waals surface area (Å²) in [5.41, 5.74) is 0.694. The molecule has 0 saturated heterocycles.